The van der Waals surface area contributed by atoms with E-state index in [1.165, 1.54) is 19.2 Å². The maximum absolute atomic E-state index is 14.2. The summed E-state index contributed by atoms with van der Waals surface area (Å²) in [5.74, 6) is -3.76. The molecule has 1 amide bonds. The number of aryl methyl sites for hydroxylation is 1. The van der Waals surface area contributed by atoms with Crippen LogP contribution in [-0.4, -0.2) is 56.2 Å². The normalized spacial score (nSPS) is 12.9. The van der Waals surface area contributed by atoms with Crippen molar-refractivity contribution in [2.24, 2.45) is 0 Å². The van der Waals surface area contributed by atoms with Crippen LogP contribution in [0.3, 0.4) is 0 Å². The number of rotatable bonds is 12. The molecule has 8 nitrogen and oxygen atoms in total. The Morgan fingerprint density at radius 1 is 1.12 bits per heavy atom. The van der Waals surface area contributed by atoms with E-state index in [2.05, 4.69) is 11.6 Å². The summed E-state index contributed by atoms with van der Waals surface area (Å²) in [6.45, 7) is 8.26. The number of benzene rings is 2. The van der Waals surface area contributed by atoms with E-state index in [1.54, 1.807) is 37.5 Å². The number of nitrogens with zero attached hydrogens (tertiary/aromatic N) is 2. The van der Waals surface area contributed by atoms with Gasteiger partial charge in [-0.15, -0.1) is 0 Å². The highest BCUT2D eigenvalue weighted by Gasteiger charge is 2.38. The lowest BCUT2D eigenvalue weighted by molar-refractivity contribution is -0.128. The van der Waals surface area contributed by atoms with E-state index in [1.807, 2.05) is 6.92 Å². The minimum atomic E-state index is -4.60. The molecule has 0 fully saturated rings. The number of aliphatic hydroxyl groups is 1. The minimum absolute atomic E-state index is 0.0129. The summed E-state index contributed by atoms with van der Waals surface area (Å²) < 4.78 is 66.7. The smallest absolute Gasteiger partial charge is 0.274 e. The van der Waals surface area contributed by atoms with Gasteiger partial charge in [0.25, 0.3) is 5.91 Å². The van der Waals surface area contributed by atoms with Gasteiger partial charge in [-0.3, -0.25) is 14.7 Å². The number of methoxy groups -OCH3 is 1. The Hall–Kier alpha value is -3.93. The van der Waals surface area contributed by atoms with Gasteiger partial charge in [-0.05, 0) is 73.4 Å². The van der Waals surface area contributed by atoms with E-state index in [0.717, 1.165) is 40.6 Å². The lowest BCUT2D eigenvalue weighted by Gasteiger charge is -2.34. The van der Waals surface area contributed by atoms with Crippen LogP contribution in [0.5, 0.6) is 0 Å². The number of sulfone groups is 1. The Bertz CT molecular complexity index is 1530. The highest BCUT2D eigenvalue weighted by Crippen LogP contribution is 2.33. The van der Waals surface area contributed by atoms with Crippen molar-refractivity contribution in [2.45, 2.75) is 31.7 Å². The molecule has 218 valence electrons. The average molecular weight is 587 g/mol. The molecule has 3 aromatic rings. The van der Waals surface area contributed by atoms with Crippen molar-refractivity contribution in [1.82, 2.24) is 9.88 Å². The van der Waals surface area contributed by atoms with Crippen LogP contribution in [0, 0.1) is 18.6 Å². The van der Waals surface area contributed by atoms with Crippen molar-refractivity contribution in [3.63, 3.8) is 0 Å². The van der Waals surface area contributed by atoms with Gasteiger partial charge >= 0.3 is 0 Å². The fourth-order valence-corrected chi connectivity index (χ4v) is 5.79. The second-order valence-corrected chi connectivity index (χ2v) is 11.1. The van der Waals surface area contributed by atoms with Gasteiger partial charge in [0, 0.05) is 37.9 Å². The Morgan fingerprint density at radius 3 is 2.29 bits per heavy atom. The Balaban J connectivity index is 2.12. The number of ether oxygens (including phenoxy) is 2. The molecule has 0 radical (unpaired) electrons. The number of carbonyl (C=O) groups excluding carboxylic acids is 1. The molecule has 0 aliphatic rings. The van der Waals surface area contributed by atoms with Gasteiger partial charge in [-0.2, -0.15) is 0 Å². The molecular weight excluding hydrogens is 554 g/mol. The molecule has 0 aliphatic carbocycles. The first-order valence-electron chi connectivity index (χ1n) is 12.6. The number of pyridine rings is 1. The van der Waals surface area contributed by atoms with Crippen LogP contribution in [0.25, 0.3) is 11.1 Å². The summed E-state index contributed by atoms with van der Waals surface area (Å²) in [5.41, 5.74) is 2.42. The number of aliphatic hydroxyl groups excluding tert-OH is 1. The first-order chi connectivity index (χ1) is 19.4. The molecule has 41 heavy (non-hydrogen) atoms. The maximum Gasteiger partial charge on any atom is 0.274 e. The van der Waals surface area contributed by atoms with Crippen molar-refractivity contribution in [2.75, 3.05) is 26.9 Å². The zero-order chi connectivity index (χ0) is 30.3. The maximum atomic E-state index is 14.2. The molecular formula is C30H32F2N2O6S. The first kappa shape index (κ1) is 31.6. The molecule has 1 aromatic heterocycles. The number of carbonyl (C=O) groups is 1. The van der Waals surface area contributed by atoms with E-state index in [9.17, 15) is 27.1 Å². The third kappa shape index (κ3) is 7.24. The molecule has 1 atom stereocenters. The van der Waals surface area contributed by atoms with Crippen molar-refractivity contribution in [3.05, 3.63) is 107 Å². The summed E-state index contributed by atoms with van der Waals surface area (Å²) in [6, 6.07) is 9.07. The number of hydrogen-bond donors (Lipinski definition) is 1. The van der Waals surface area contributed by atoms with Gasteiger partial charge in [0.2, 0.25) is 9.84 Å². The van der Waals surface area contributed by atoms with Crippen LogP contribution < -0.4 is 0 Å². The van der Waals surface area contributed by atoms with E-state index in [-0.39, 0.29) is 36.0 Å². The minimum Gasteiger partial charge on any atom is -0.511 e. The van der Waals surface area contributed by atoms with E-state index in [4.69, 9.17) is 9.47 Å². The van der Waals surface area contributed by atoms with Crippen LogP contribution >= 0.6 is 0 Å². The predicted octanol–water partition coefficient (Wildman–Crippen LogP) is 5.66. The van der Waals surface area contributed by atoms with Crippen LogP contribution in [0.2, 0.25) is 0 Å². The highest BCUT2D eigenvalue weighted by molar-refractivity contribution is 7.96. The molecule has 0 spiro atoms. The lowest BCUT2D eigenvalue weighted by Crippen LogP contribution is -2.40. The molecule has 2 aromatic carbocycles. The summed E-state index contributed by atoms with van der Waals surface area (Å²) >= 11 is 0. The van der Waals surface area contributed by atoms with Crippen molar-refractivity contribution >= 4 is 15.7 Å². The molecule has 1 N–H and O–H groups in total. The van der Waals surface area contributed by atoms with Gasteiger partial charge in [-0.25, -0.2) is 17.2 Å². The summed E-state index contributed by atoms with van der Waals surface area (Å²) in [6.07, 6.45) is 3.30. The average Bonchev–Trinajstić information content (AvgIpc) is 2.91. The lowest BCUT2D eigenvalue weighted by atomic mass is 10.0. The SMILES string of the molecule is C=C(COCC)N(C(=O)C(=C(C)O)S(=O)(=O)c1ccc(-c2ccncc2C)cc1)[C@@H](COC)c1cc(F)cc(F)c1. The monoisotopic (exact) mass is 586 g/mol. The van der Waals surface area contributed by atoms with Crippen LogP contribution in [0.4, 0.5) is 8.78 Å². The van der Waals surface area contributed by atoms with Crippen molar-refractivity contribution in [3.8, 4) is 11.1 Å². The number of aromatic nitrogens is 1. The van der Waals surface area contributed by atoms with E-state index < -0.39 is 44.1 Å². The standard InChI is InChI=1S/C30H32F2N2O6S/c1-6-40-17-20(3)34(28(18-39-5)23-13-24(31)15-25(32)14-23)30(36)29(21(4)35)41(37,38)26-9-7-22(8-10-26)27-11-12-33-16-19(27)2/h7-16,28,35H,3,6,17-18H2,1-2,4-5H3/t28-/m0/s1. The Kier molecular flexibility index (Phi) is 10.5. The summed E-state index contributed by atoms with van der Waals surface area (Å²) in [4.78, 5) is 17.9. The molecule has 3 rings (SSSR count). The largest absolute Gasteiger partial charge is 0.511 e. The van der Waals surface area contributed by atoms with Gasteiger partial charge < -0.3 is 14.6 Å². The fourth-order valence-electron chi connectivity index (χ4n) is 4.34. The van der Waals surface area contributed by atoms with Crippen LogP contribution in [0.1, 0.15) is 31.0 Å². The van der Waals surface area contributed by atoms with E-state index >= 15 is 0 Å². The van der Waals surface area contributed by atoms with Gasteiger partial charge in [0.15, 0.2) is 4.91 Å². The molecule has 0 bridgehead atoms. The Morgan fingerprint density at radius 2 is 1.76 bits per heavy atom. The summed E-state index contributed by atoms with van der Waals surface area (Å²) in [7, 11) is -3.29. The third-order valence-electron chi connectivity index (χ3n) is 6.23. The van der Waals surface area contributed by atoms with Gasteiger partial charge in [-0.1, -0.05) is 18.7 Å². The third-order valence-corrected chi connectivity index (χ3v) is 8.13. The molecule has 0 saturated heterocycles. The quantitative estimate of drug-likeness (QED) is 0.216. The molecule has 11 heteroatoms. The number of hydrogen-bond acceptors (Lipinski definition) is 7. The molecule has 0 unspecified atom stereocenters. The number of allylic oxidation sites excluding steroid dienone is 1. The van der Waals surface area contributed by atoms with Crippen LogP contribution in [0.15, 0.2) is 88.8 Å². The number of halogens is 2. The topological polar surface area (TPSA) is 106 Å². The zero-order valence-corrected chi connectivity index (χ0v) is 24.0. The molecule has 1 heterocycles. The van der Waals surface area contributed by atoms with Gasteiger partial charge in [0.05, 0.1) is 24.2 Å². The highest BCUT2D eigenvalue weighted by atomic mass is 32.2. The number of amides is 1. The van der Waals surface area contributed by atoms with E-state index in [0.29, 0.717) is 6.07 Å². The molecule has 0 saturated carbocycles. The Labute approximate surface area is 238 Å². The second kappa shape index (κ2) is 13.6. The van der Waals surface area contributed by atoms with Crippen molar-refractivity contribution in [1.29, 1.82) is 0 Å². The van der Waals surface area contributed by atoms with Crippen LogP contribution in [-0.2, 0) is 24.1 Å². The first-order valence-corrected chi connectivity index (χ1v) is 14.1. The van der Waals surface area contributed by atoms with Gasteiger partial charge in [0.1, 0.15) is 17.4 Å². The zero-order valence-electron chi connectivity index (χ0n) is 23.2. The molecule has 0 aliphatic heterocycles. The predicted molar refractivity (Wildman–Crippen MR) is 150 cm³/mol. The summed E-state index contributed by atoms with van der Waals surface area (Å²) in [5, 5.41) is 10.6. The fraction of sp³-hybridized carbons (Fsp3) is 0.267. The van der Waals surface area contributed by atoms with Crippen molar-refractivity contribution < 1.29 is 36.6 Å². The second-order valence-electron chi connectivity index (χ2n) is 9.19.